The number of nitrogens with two attached hydrogens (primary N) is 1. The molecule has 0 aliphatic carbocycles. The Kier molecular flexibility index (Phi) is 4.89. The summed E-state index contributed by atoms with van der Waals surface area (Å²) in [4.78, 5) is 28.7. The summed E-state index contributed by atoms with van der Waals surface area (Å²) in [6, 6.07) is 0. The average Bonchev–Trinajstić information content (AvgIpc) is 2.72. The third-order valence-corrected chi connectivity index (χ3v) is 2.79. The number of aromatic nitrogens is 1. The van der Waals surface area contributed by atoms with Crippen LogP contribution in [0.15, 0.2) is 5.38 Å². The van der Waals surface area contributed by atoms with Crippen molar-refractivity contribution in [3.63, 3.8) is 0 Å². The SMILES string of the molecule is CCNC(=O)CN(CC)C(=O)c1csc(N)n1. The van der Waals surface area contributed by atoms with E-state index in [2.05, 4.69) is 10.3 Å². The lowest BCUT2D eigenvalue weighted by atomic mass is 10.3. The van der Waals surface area contributed by atoms with Crippen LogP contribution in [0.3, 0.4) is 0 Å². The Bertz CT molecular complexity index is 405. The van der Waals surface area contributed by atoms with Crippen molar-refractivity contribution in [2.45, 2.75) is 13.8 Å². The Morgan fingerprint density at radius 3 is 2.71 bits per heavy atom. The van der Waals surface area contributed by atoms with Crippen molar-refractivity contribution in [1.29, 1.82) is 0 Å². The minimum absolute atomic E-state index is 0.0423. The van der Waals surface area contributed by atoms with Crippen LogP contribution in [0.25, 0.3) is 0 Å². The topological polar surface area (TPSA) is 88.3 Å². The van der Waals surface area contributed by atoms with Gasteiger partial charge in [0.2, 0.25) is 5.91 Å². The molecule has 3 N–H and O–H groups in total. The third-order valence-electron chi connectivity index (χ3n) is 2.12. The molecule has 17 heavy (non-hydrogen) atoms. The quantitative estimate of drug-likeness (QED) is 0.794. The molecular formula is C10H16N4O2S. The van der Waals surface area contributed by atoms with Crippen molar-refractivity contribution in [1.82, 2.24) is 15.2 Å². The Hall–Kier alpha value is -1.63. The van der Waals surface area contributed by atoms with E-state index < -0.39 is 0 Å². The van der Waals surface area contributed by atoms with Gasteiger partial charge in [-0.05, 0) is 13.8 Å². The molecule has 0 unspecified atom stereocenters. The van der Waals surface area contributed by atoms with Gasteiger partial charge in [0.1, 0.15) is 5.69 Å². The van der Waals surface area contributed by atoms with Gasteiger partial charge in [-0.3, -0.25) is 9.59 Å². The molecule has 0 saturated heterocycles. The molecule has 6 nitrogen and oxygen atoms in total. The van der Waals surface area contributed by atoms with Gasteiger partial charge >= 0.3 is 0 Å². The molecule has 0 spiro atoms. The maximum atomic E-state index is 12.0. The number of carbonyl (C=O) groups excluding carboxylic acids is 2. The molecule has 7 heteroatoms. The zero-order valence-corrected chi connectivity index (χ0v) is 10.7. The van der Waals surface area contributed by atoms with Crippen LogP contribution in [0.5, 0.6) is 0 Å². The Morgan fingerprint density at radius 2 is 2.24 bits per heavy atom. The number of thiazole rings is 1. The summed E-state index contributed by atoms with van der Waals surface area (Å²) in [6.07, 6.45) is 0. The summed E-state index contributed by atoms with van der Waals surface area (Å²) in [6.45, 7) is 4.69. The summed E-state index contributed by atoms with van der Waals surface area (Å²) in [7, 11) is 0. The van der Waals surface area contributed by atoms with Crippen LogP contribution in [0.1, 0.15) is 24.3 Å². The summed E-state index contributed by atoms with van der Waals surface area (Å²) in [5, 5.41) is 4.59. The van der Waals surface area contributed by atoms with Gasteiger partial charge in [0.15, 0.2) is 5.13 Å². The molecule has 0 atom stereocenters. The second-order valence-corrected chi connectivity index (χ2v) is 4.23. The first kappa shape index (κ1) is 13.4. The molecule has 0 aliphatic heterocycles. The molecule has 1 heterocycles. The first-order valence-electron chi connectivity index (χ1n) is 5.35. The average molecular weight is 256 g/mol. The van der Waals surface area contributed by atoms with Crippen molar-refractivity contribution in [2.24, 2.45) is 0 Å². The van der Waals surface area contributed by atoms with Gasteiger partial charge in [-0.25, -0.2) is 4.98 Å². The molecule has 0 bridgehead atoms. The molecular weight excluding hydrogens is 240 g/mol. The maximum Gasteiger partial charge on any atom is 0.273 e. The first-order chi connectivity index (χ1) is 8.08. The summed E-state index contributed by atoms with van der Waals surface area (Å²) in [5.41, 5.74) is 5.75. The monoisotopic (exact) mass is 256 g/mol. The van der Waals surface area contributed by atoms with E-state index in [-0.39, 0.29) is 18.4 Å². The molecule has 1 aromatic heterocycles. The summed E-state index contributed by atoms with van der Waals surface area (Å²) >= 11 is 1.21. The van der Waals surface area contributed by atoms with E-state index >= 15 is 0 Å². The second kappa shape index (κ2) is 6.19. The van der Waals surface area contributed by atoms with E-state index in [1.54, 1.807) is 5.38 Å². The molecule has 94 valence electrons. The molecule has 0 aliphatic rings. The fraction of sp³-hybridized carbons (Fsp3) is 0.500. The van der Waals surface area contributed by atoms with Gasteiger partial charge in [0, 0.05) is 18.5 Å². The highest BCUT2D eigenvalue weighted by Gasteiger charge is 2.19. The normalized spacial score (nSPS) is 10.0. The number of hydrogen-bond acceptors (Lipinski definition) is 5. The van der Waals surface area contributed by atoms with Crippen molar-refractivity contribution < 1.29 is 9.59 Å². The van der Waals surface area contributed by atoms with E-state index in [1.165, 1.54) is 16.2 Å². The standard InChI is InChI=1S/C10H16N4O2S/c1-3-12-8(15)5-14(4-2)9(16)7-6-17-10(11)13-7/h6H,3-5H2,1-2H3,(H2,11,13)(H,12,15). The lowest BCUT2D eigenvalue weighted by molar-refractivity contribution is -0.121. The van der Waals surface area contributed by atoms with Crippen LogP contribution in [-0.4, -0.2) is 41.3 Å². The fourth-order valence-corrected chi connectivity index (χ4v) is 1.84. The predicted molar refractivity (Wildman–Crippen MR) is 66.8 cm³/mol. The molecule has 1 aromatic rings. The van der Waals surface area contributed by atoms with E-state index in [9.17, 15) is 9.59 Å². The highest BCUT2D eigenvalue weighted by Crippen LogP contribution is 2.12. The maximum absolute atomic E-state index is 12.0. The molecule has 2 amide bonds. The van der Waals surface area contributed by atoms with Crippen LogP contribution >= 0.6 is 11.3 Å². The number of nitrogen functional groups attached to an aromatic ring is 1. The van der Waals surface area contributed by atoms with Crippen LogP contribution < -0.4 is 11.1 Å². The highest BCUT2D eigenvalue weighted by molar-refractivity contribution is 7.13. The Morgan fingerprint density at radius 1 is 1.53 bits per heavy atom. The van der Waals surface area contributed by atoms with Gasteiger partial charge < -0.3 is 16.0 Å². The van der Waals surface area contributed by atoms with Gasteiger partial charge in [-0.15, -0.1) is 11.3 Å². The van der Waals surface area contributed by atoms with Crippen LogP contribution in [0, 0.1) is 0 Å². The van der Waals surface area contributed by atoms with Crippen molar-refractivity contribution in [3.05, 3.63) is 11.1 Å². The molecule has 0 radical (unpaired) electrons. The summed E-state index contributed by atoms with van der Waals surface area (Å²) in [5.74, 6) is -0.447. The van der Waals surface area contributed by atoms with Gasteiger partial charge in [-0.2, -0.15) is 0 Å². The van der Waals surface area contributed by atoms with Crippen LogP contribution in [0.4, 0.5) is 5.13 Å². The summed E-state index contributed by atoms with van der Waals surface area (Å²) < 4.78 is 0. The fourth-order valence-electron chi connectivity index (χ4n) is 1.30. The Balaban J connectivity index is 2.67. The van der Waals surface area contributed by atoms with Crippen LogP contribution in [-0.2, 0) is 4.79 Å². The van der Waals surface area contributed by atoms with Crippen LogP contribution in [0.2, 0.25) is 0 Å². The number of likely N-dealkylation sites (N-methyl/N-ethyl adjacent to an activating group) is 2. The molecule has 0 fully saturated rings. The van der Waals surface area contributed by atoms with Gasteiger partial charge in [0.25, 0.3) is 5.91 Å². The minimum atomic E-state index is -0.272. The lowest BCUT2D eigenvalue weighted by Gasteiger charge is -2.18. The van der Waals surface area contributed by atoms with Gasteiger partial charge in [-0.1, -0.05) is 0 Å². The minimum Gasteiger partial charge on any atom is -0.375 e. The number of nitrogens with zero attached hydrogens (tertiary/aromatic N) is 2. The van der Waals surface area contributed by atoms with Crippen molar-refractivity contribution in [3.8, 4) is 0 Å². The number of carbonyl (C=O) groups is 2. The van der Waals surface area contributed by atoms with E-state index in [0.29, 0.717) is 23.9 Å². The van der Waals surface area contributed by atoms with E-state index in [0.717, 1.165) is 0 Å². The number of rotatable bonds is 5. The number of nitrogens with one attached hydrogen (secondary N) is 1. The zero-order valence-electron chi connectivity index (χ0n) is 9.90. The first-order valence-corrected chi connectivity index (χ1v) is 6.23. The second-order valence-electron chi connectivity index (χ2n) is 3.34. The van der Waals surface area contributed by atoms with Gasteiger partial charge in [0.05, 0.1) is 6.54 Å². The Labute approximate surface area is 104 Å². The van der Waals surface area contributed by atoms with Crippen molar-refractivity contribution in [2.75, 3.05) is 25.4 Å². The van der Waals surface area contributed by atoms with E-state index in [4.69, 9.17) is 5.73 Å². The third kappa shape index (κ3) is 3.70. The molecule has 0 aromatic carbocycles. The highest BCUT2D eigenvalue weighted by atomic mass is 32.1. The number of amides is 2. The largest absolute Gasteiger partial charge is 0.375 e. The predicted octanol–water partition coefficient (Wildman–Crippen LogP) is 0.323. The smallest absolute Gasteiger partial charge is 0.273 e. The molecule has 0 saturated carbocycles. The van der Waals surface area contributed by atoms with E-state index in [1.807, 2.05) is 13.8 Å². The number of hydrogen-bond donors (Lipinski definition) is 2. The zero-order chi connectivity index (χ0) is 12.8. The number of anilines is 1. The molecule has 1 rings (SSSR count). The van der Waals surface area contributed by atoms with Crippen molar-refractivity contribution >= 4 is 28.3 Å². The lowest BCUT2D eigenvalue weighted by Crippen LogP contribution is -2.40.